The molecule has 0 aliphatic rings. The van der Waals surface area contributed by atoms with Gasteiger partial charge in [-0.1, -0.05) is 6.08 Å². The van der Waals surface area contributed by atoms with Crippen molar-refractivity contribution in [2.45, 2.75) is 19.8 Å². The van der Waals surface area contributed by atoms with Crippen LogP contribution in [0.3, 0.4) is 0 Å². The molecule has 0 heterocycles. The zero-order chi connectivity index (χ0) is 14.4. The second-order valence-corrected chi connectivity index (χ2v) is 6.58. The molecule has 0 unspecified atom stereocenters. The minimum Gasteiger partial charge on any atom is -0.478 e. The Morgan fingerprint density at radius 1 is 1.28 bits per heavy atom. The quantitative estimate of drug-likeness (QED) is 0.389. The van der Waals surface area contributed by atoms with Crippen LogP contribution in [0, 0.1) is 0 Å². The standard InChI is InChI=1S/C11H21NO5S/c1-10(11(13)14)6-4-7-12(2,3)8-5-9-18(15,16)17/h6H,4-5,7-9H2,1-3H3,(H-,13,14,15,16,17)/p+1. The van der Waals surface area contributed by atoms with Gasteiger partial charge in [0.05, 0.1) is 32.9 Å². The highest BCUT2D eigenvalue weighted by molar-refractivity contribution is 7.85. The van der Waals surface area contributed by atoms with Crippen molar-refractivity contribution in [2.24, 2.45) is 0 Å². The van der Waals surface area contributed by atoms with E-state index in [1.807, 2.05) is 14.1 Å². The number of quaternary nitrogens is 1. The van der Waals surface area contributed by atoms with Gasteiger partial charge in [-0.15, -0.1) is 0 Å². The normalized spacial score (nSPS) is 13.7. The van der Waals surface area contributed by atoms with Crippen molar-refractivity contribution < 1.29 is 27.4 Å². The molecule has 0 aliphatic heterocycles. The van der Waals surface area contributed by atoms with E-state index in [9.17, 15) is 13.2 Å². The molecule has 0 bridgehead atoms. The minimum atomic E-state index is -3.89. The Morgan fingerprint density at radius 3 is 2.28 bits per heavy atom. The van der Waals surface area contributed by atoms with E-state index in [2.05, 4.69) is 0 Å². The van der Waals surface area contributed by atoms with Crippen LogP contribution in [0.4, 0.5) is 0 Å². The molecule has 0 aromatic rings. The highest BCUT2D eigenvalue weighted by Crippen LogP contribution is 2.05. The number of carboxylic acids is 1. The Kier molecular flexibility index (Phi) is 6.51. The van der Waals surface area contributed by atoms with Crippen molar-refractivity contribution in [3.63, 3.8) is 0 Å². The molecule has 0 radical (unpaired) electrons. The van der Waals surface area contributed by atoms with Gasteiger partial charge in [0.15, 0.2) is 0 Å². The summed E-state index contributed by atoms with van der Waals surface area (Å²) in [7, 11) is -0.0145. The zero-order valence-corrected chi connectivity index (χ0v) is 11.9. The zero-order valence-electron chi connectivity index (χ0n) is 11.1. The first-order chi connectivity index (χ1) is 8.03. The minimum absolute atomic E-state index is 0.237. The van der Waals surface area contributed by atoms with Gasteiger partial charge in [-0.2, -0.15) is 8.42 Å². The second-order valence-electron chi connectivity index (χ2n) is 5.00. The molecular weight excluding hydrogens is 258 g/mol. The SMILES string of the molecule is CC(=CCC[N+](C)(C)CCCS(=O)(=O)O)C(=O)O. The molecule has 0 aromatic carbocycles. The van der Waals surface area contributed by atoms with E-state index >= 15 is 0 Å². The molecule has 0 aliphatic carbocycles. The number of nitrogens with zero attached hydrogens (tertiary/aromatic N) is 1. The molecule has 0 atom stereocenters. The maximum absolute atomic E-state index is 10.6. The van der Waals surface area contributed by atoms with Crippen molar-refractivity contribution in [3.05, 3.63) is 11.6 Å². The Hall–Kier alpha value is -0.920. The summed E-state index contributed by atoms with van der Waals surface area (Å²) in [5, 5.41) is 8.67. The molecule has 18 heavy (non-hydrogen) atoms. The lowest BCUT2D eigenvalue weighted by atomic mass is 10.2. The maximum Gasteiger partial charge on any atom is 0.330 e. The summed E-state index contributed by atoms with van der Waals surface area (Å²) < 4.78 is 30.3. The number of hydrogen-bond acceptors (Lipinski definition) is 3. The highest BCUT2D eigenvalue weighted by Gasteiger charge is 2.16. The summed E-state index contributed by atoms with van der Waals surface area (Å²) in [6.45, 7) is 2.87. The molecule has 106 valence electrons. The van der Waals surface area contributed by atoms with E-state index in [1.165, 1.54) is 0 Å². The van der Waals surface area contributed by atoms with Crippen LogP contribution in [0.5, 0.6) is 0 Å². The van der Waals surface area contributed by atoms with Crippen LogP contribution in [0.25, 0.3) is 0 Å². The van der Waals surface area contributed by atoms with E-state index < -0.39 is 16.1 Å². The van der Waals surface area contributed by atoms with Gasteiger partial charge >= 0.3 is 5.97 Å². The molecule has 0 fully saturated rings. The number of hydrogen-bond donors (Lipinski definition) is 2. The van der Waals surface area contributed by atoms with E-state index in [1.54, 1.807) is 13.0 Å². The van der Waals surface area contributed by atoms with Crippen LogP contribution in [0.1, 0.15) is 19.8 Å². The van der Waals surface area contributed by atoms with Crippen molar-refractivity contribution in [3.8, 4) is 0 Å². The van der Waals surface area contributed by atoms with E-state index in [4.69, 9.17) is 9.66 Å². The molecule has 0 saturated heterocycles. The Bertz CT molecular complexity index is 411. The fraction of sp³-hybridized carbons (Fsp3) is 0.727. The van der Waals surface area contributed by atoms with Gasteiger partial charge in [0.2, 0.25) is 0 Å². The van der Waals surface area contributed by atoms with E-state index in [0.717, 1.165) is 6.54 Å². The fourth-order valence-electron chi connectivity index (χ4n) is 1.50. The Balaban J connectivity index is 4.09. The van der Waals surface area contributed by atoms with Crippen LogP contribution >= 0.6 is 0 Å². The molecule has 0 amide bonds. The summed E-state index contributed by atoms with van der Waals surface area (Å²) >= 11 is 0. The summed E-state index contributed by atoms with van der Waals surface area (Å²) in [5.41, 5.74) is 0.313. The molecule has 7 heteroatoms. The molecule has 0 rings (SSSR count). The Morgan fingerprint density at radius 2 is 1.83 bits per heavy atom. The van der Waals surface area contributed by atoms with Gasteiger partial charge in [-0.25, -0.2) is 4.79 Å². The third kappa shape index (κ3) is 9.15. The summed E-state index contributed by atoms with van der Waals surface area (Å²) in [4.78, 5) is 10.6. The molecular formula is C11H22NO5S+. The fourth-order valence-corrected chi connectivity index (χ4v) is 2.00. The first-order valence-electron chi connectivity index (χ1n) is 5.71. The topological polar surface area (TPSA) is 91.7 Å². The lowest BCUT2D eigenvalue weighted by Crippen LogP contribution is -2.41. The average Bonchev–Trinajstić information content (AvgIpc) is 2.14. The third-order valence-corrected chi connectivity index (χ3v) is 3.49. The van der Waals surface area contributed by atoms with Crippen LogP contribution < -0.4 is 0 Å². The van der Waals surface area contributed by atoms with Gasteiger partial charge < -0.3 is 9.59 Å². The van der Waals surface area contributed by atoms with E-state index in [0.29, 0.717) is 29.4 Å². The smallest absolute Gasteiger partial charge is 0.330 e. The number of carbonyl (C=O) groups is 1. The largest absolute Gasteiger partial charge is 0.478 e. The summed E-state index contributed by atoms with van der Waals surface area (Å²) in [6, 6.07) is 0. The molecule has 2 N–H and O–H groups in total. The van der Waals surface area contributed by atoms with Crippen LogP contribution in [0.15, 0.2) is 11.6 Å². The van der Waals surface area contributed by atoms with Crippen LogP contribution in [0.2, 0.25) is 0 Å². The van der Waals surface area contributed by atoms with E-state index in [-0.39, 0.29) is 5.75 Å². The summed E-state index contributed by atoms with van der Waals surface area (Å²) in [6.07, 6.45) is 2.66. The number of rotatable bonds is 8. The van der Waals surface area contributed by atoms with Crippen molar-refractivity contribution in [1.29, 1.82) is 0 Å². The van der Waals surface area contributed by atoms with Crippen molar-refractivity contribution in [2.75, 3.05) is 32.9 Å². The third-order valence-electron chi connectivity index (χ3n) is 2.69. The monoisotopic (exact) mass is 280 g/mol. The van der Waals surface area contributed by atoms with Gasteiger partial charge in [-0.05, 0) is 6.92 Å². The van der Waals surface area contributed by atoms with Gasteiger partial charge in [0.1, 0.15) is 0 Å². The van der Waals surface area contributed by atoms with Gasteiger partial charge in [0.25, 0.3) is 10.1 Å². The first kappa shape index (κ1) is 17.1. The average molecular weight is 280 g/mol. The molecule has 0 aromatic heterocycles. The Labute approximate surface area is 108 Å². The molecule has 0 spiro atoms. The molecule has 0 saturated carbocycles. The van der Waals surface area contributed by atoms with Gasteiger partial charge in [-0.3, -0.25) is 4.55 Å². The number of aliphatic carboxylic acids is 1. The lowest BCUT2D eigenvalue weighted by Gasteiger charge is -2.29. The summed E-state index contributed by atoms with van der Waals surface area (Å²) in [5.74, 6) is -1.16. The van der Waals surface area contributed by atoms with Crippen molar-refractivity contribution in [1.82, 2.24) is 0 Å². The first-order valence-corrected chi connectivity index (χ1v) is 7.32. The van der Waals surface area contributed by atoms with Crippen molar-refractivity contribution >= 4 is 16.1 Å². The molecule has 6 nitrogen and oxygen atoms in total. The van der Waals surface area contributed by atoms with Gasteiger partial charge in [0, 0.05) is 18.4 Å². The predicted molar refractivity (Wildman–Crippen MR) is 68.9 cm³/mol. The lowest BCUT2D eigenvalue weighted by molar-refractivity contribution is -0.889. The number of carboxylic acid groups (broad SMARTS) is 1. The second kappa shape index (κ2) is 6.86. The highest BCUT2D eigenvalue weighted by atomic mass is 32.2. The predicted octanol–water partition coefficient (Wildman–Crippen LogP) is 0.762. The van der Waals surface area contributed by atoms with Crippen LogP contribution in [-0.2, 0) is 14.9 Å². The van der Waals surface area contributed by atoms with Crippen LogP contribution in [-0.4, -0.2) is 61.5 Å². The maximum atomic E-state index is 10.6.